The van der Waals surface area contributed by atoms with Crippen molar-refractivity contribution in [3.8, 4) is 17.1 Å². The summed E-state index contributed by atoms with van der Waals surface area (Å²) in [5.74, 6) is 1.28. The van der Waals surface area contributed by atoms with Gasteiger partial charge in [-0.25, -0.2) is 22.8 Å². The number of aryl methyl sites for hydroxylation is 2. The summed E-state index contributed by atoms with van der Waals surface area (Å²) >= 11 is 6.46. The minimum atomic E-state index is -4.35. The molecule has 2 aromatic heterocycles. The van der Waals surface area contributed by atoms with Crippen LogP contribution in [0.1, 0.15) is 27.9 Å². The second-order valence-electron chi connectivity index (χ2n) is 13.3. The lowest BCUT2D eigenvalue weighted by atomic mass is 10.1. The van der Waals surface area contributed by atoms with E-state index in [0.717, 1.165) is 11.1 Å². The van der Waals surface area contributed by atoms with Crippen molar-refractivity contribution in [3.63, 3.8) is 0 Å². The minimum Gasteiger partial charge on any atom is -0.487 e. The lowest BCUT2D eigenvalue weighted by molar-refractivity contribution is 0.306. The maximum atomic E-state index is 13.5. The van der Waals surface area contributed by atoms with Crippen molar-refractivity contribution in [1.29, 1.82) is 0 Å². The van der Waals surface area contributed by atoms with E-state index in [1.807, 2.05) is 19.9 Å². The Bertz CT molecular complexity index is 3090. The number of fused-ring (bicyclic) bond motifs is 1. The summed E-state index contributed by atoms with van der Waals surface area (Å²) in [4.78, 5) is 8.57. The molecule has 7 rings (SSSR count). The van der Waals surface area contributed by atoms with Crippen LogP contribution in [-0.2, 0) is 43.2 Å². The highest BCUT2D eigenvalue weighted by atomic mass is 35.5. The van der Waals surface area contributed by atoms with Crippen LogP contribution in [-0.4, -0.2) is 62.8 Å². The molecule has 0 saturated heterocycles. The highest BCUT2D eigenvalue weighted by Crippen LogP contribution is 2.33. The molecular formula is C43H42ClFN4O10S3. The smallest absolute Gasteiger partial charge is 0.294 e. The standard InChI is InChI=1S/C29H26ClFN4O4S.2C7H8O3S/c1-40(36,37)12-11-32-16-23-7-10-27(39-23)20-5-8-26-24(14-20)29(34-18-33-26)35-22-6-9-28(25(30)15-22)38-17-19-3-2-4-21(31)13-19;2*1-6-2-4-7(5-3-6)11(8,9)10/h2-10,13-15,18,32H,11-12,16-17H2,1H3,(H,33,34,35);2*2-5H,1H3,(H,8,9,10)/i11D2,12D2;;. The van der Waals surface area contributed by atoms with Gasteiger partial charge in [-0.05, 0) is 104 Å². The number of rotatable bonds is 13. The largest absolute Gasteiger partial charge is 0.487 e. The number of hydrogen-bond acceptors (Lipinski definition) is 12. The van der Waals surface area contributed by atoms with Gasteiger partial charge in [0.2, 0.25) is 0 Å². The molecule has 0 amide bonds. The van der Waals surface area contributed by atoms with Crippen LogP contribution in [0.2, 0.25) is 5.02 Å². The SMILES string of the molecule is Cc1ccc(S(=O)(=O)O)cc1.Cc1ccc(S(=O)(=O)O)cc1.[2H]C([2H])(NCc1ccc(-c2ccc3ncnc(Nc4ccc(OCc5cccc(F)c5)c(Cl)c4)c3c2)o1)C([2H])([2H])S(C)(=O)=O. The highest BCUT2D eigenvalue weighted by Gasteiger charge is 2.12. The molecule has 19 heteroatoms. The highest BCUT2D eigenvalue weighted by molar-refractivity contribution is 7.90. The first-order chi connectivity index (χ1) is 30.7. The Labute approximate surface area is 369 Å². The molecule has 5 aromatic carbocycles. The quantitative estimate of drug-likeness (QED) is 0.0797. The number of nitrogens with one attached hydrogen (secondary N) is 2. The van der Waals surface area contributed by atoms with Crippen molar-refractivity contribution >= 4 is 64.1 Å². The second-order valence-corrected chi connectivity index (χ2v) is 18.3. The minimum absolute atomic E-state index is 0.0666. The fourth-order valence-electron chi connectivity index (χ4n) is 5.24. The van der Waals surface area contributed by atoms with Gasteiger partial charge in [0.25, 0.3) is 20.2 Å². The van der Waals surface area contributed by atoms with Crippen LogP contribution in [0.25, 0.3) is 22.2 Å². The van der Waals surface area contributed by atoms with Gasteiger partial charge in [0, 0.05) is 34.9 Å². The molecule has 0 fully saturated rings. The molecule has 2 heterocycles. The first-order valence-electron chi connectivity index (χ1n) is 20.0. The third kappa shape index (κ3) is 14.7. The summed E-state index contributed by atoms with van der Waals surface area (Å²) in [6.07, 6.45) is 2.06. The third-order valence-electron chi connectivity index (χ3n) is 8.28. The van der Waals surface area contributed by atoms with Gasteiger partial charge < -0.3 is 19.8 Å². The summed E-state index contributed by atoms with van der Waals surface area (Å²) < 4.78 is 139. The number of sulfone groups is 1. The number of hydrogen-bond donors (Lipinski definition) is 4. The Hall–Kier alpha value is -5.73. The van der Waals surface area contributed by atoms with Crippen molar-refractivity contribution < 1.29 is 53.4 Å². The molecule has 0 bridgehead atoms. The van der Waals surface area contributed by atoms with Gasteiger partial charge in [-0.3, -0.25) is 9.11 Å². The third-order valence-corrected chi connectivity index (χ3v) is 10.8. The first-order valence-corrected chi connectivity index (χ1v) is 23.2. The van der Waals surface area contributed by atoms with E-state index in [-0.39, 0.29) is 34.5 Å². The normalized spacial score (nSPS) is 13.0. The molecule has 7 aromatic rings. The molecule has 0 aliphatic rings. The molecule has 0 atom stereocenters. The molecule has 326 valence electrons. The summed E-state index contributed by atoms with van der Waals surface area (Å²) in [7, 11) is -12.4. The fraction of sp³-hybridized carbons (Fsp3) is 0.163. The fourth-order valence-corrected chi connectivity index (χ4v) is 6.69. The maximum absolute atomic E-state index is 13.5. The number of ether oxygens (including phenoxy) is 1. The number of furan rings is 1. The van der Waals surface area contributed by atoms with Gasteiger partial charge in [0.15, 0.2) is 0 Å². The Kier molecular flexibility index (Phi) is 14.0. The molecule has 0 aliphatic carbocycles. The van der Waals surface area contributed by atoms with Gasteiger partial charge in [0.05, 0.1) is 32.6 Å². The predicted octanol–water partition coefficient (Wildman–Crippen LogP) is 8.62. The van der Waals surface area contributed by atoms with Crippen LogP contribution in [0, 0.1) is 19.7 Å². The van der Waals surface area contributed by atoms with Gasteiger partial charge in [-0.15, -0.1) is 0 Å². The van der Waals surface area contributed by atoms with Crippen LogP contribution < -0.4 is 15.4 Å². The van der Waals surface area contributed by atoms with Crippen molar-refractivity contribution in [2.75, 3.05) is 23.8 Å². The summed E-state index contributed by atoms with van der Waals surface area (Å²) in [5.41, 5.74) is 1.37. The molecule has 4 N–H and O–H groups in total. The Balaban J connectivity index is 0.000000301. The van der Waals surface area contributed by atoms with Gasteiger partial charge in [-0.1, -0.05) is 59.1 Å². The van der Waals surface area contributed by atoms with E-state index in [4.69, 9.17) is 35.3 Å². The predicted molar refractivity (Wildman–Crippen MR) is 236 cm³/mol. The van der Waals surface area contributed by atoms with E-state index in [9.17, 15) is 29.6 Å². The van der Waals surface area contributed by atoms with Gasteiger partial charge in [-0.2, -0.15) is 16.8 Å². The van der Waals surface area contributed by atoms with Crippen LogP contribution in [0.15, 0.2) is 142 Å². The maximum Gasteiger partial charge on any atom is 0.294 e. The average molecular weight is 930 g/mol. The number of halogens is 2. The Morgan fingerprint density at radius 3 is 2.02 bits per heavy atom. The Morgan fingerprint density at radius 2 is 1.44 bits per heavy atom. The van der Waals surface area contributed by atoms with E-state index in [0.29, 0.717) is 56.3 Å². The lowest BCUT2D eigenvalue weighted by Crippen LogP contribution is -2.21. The monoisotopic (exact) mass is 928 g/mol. The van der Waals surface area contributed by atoms with Crippen LogP contribution in [0.3, 0.4) is 0 Å². The number of aromatic nitrogens is 2. The Morgan fingerprint density at radius 1 is 0.790 bits per heavy atom. The number of benzene rings is 5. The van der Waals surface area contributed by atoms with Gasteiger partial charge >= 0.3 is 0 Å². The summed E-state index contributed by atoms with van der Waals surface area (Å²) in [6.45, 7) is 0.704. The average Bonchev–Trinajstić information content (AvgIpc) is 3.72. The summed E-state index contributed by atoms with van der Waals surface area (Å²) in [5, 5.41) is 6.55. The number of anilines is 2. The van der Waals surface area contributed by atoms with Crippen molar-refractivity contribution in [3.05, 3.63) is 161 Å². The van der Waals surface area contributed by atoms with Crippen LogP contribution in [0.4, 0.5) is 15.9 Å². The summed E-state index contributed by atoms with van der Waals surface area (Å²) in [6, 6.07) is 31.9. The second kappa shape index (κ2) is 20.9. The molecule has 14 nitrogen and oxygen atoms in total. The molecule has 0 unspecified atom stereocenters. The van der Waals surface area contributed by atoms with E-state index in [1.54, 1.807) is 78.9 Å². The van der Waals surface area contributed by atoms with Gasteiger partial charge in [0.1, 0.15) is 51.7 Å². The zero-order valence-electron chi connectivity index (χ0n) is 37.1. The molecular weight excluding hydrogens is 883 g/mol. The lowest BCUT2D eigenvalue weighted by Gasteiger charge is -2.12. The molecule has 0 radical (unpaired) electrons. The molecule has 0 aliphatic heterocycles. The van der Waals surface area contributed by atoms with Crippen molar-refractivity contribution in [2.24, 2.45) is 0 Å². The van der Waals surface area contributed by atoms with E-state index in [1.165, 1.54) is 42.7 Å². The molecule has 62 heavy (non-hydrogen) atoms. The van der Waals surface area contributed by atoms with E-state index in [2.05, 4.69) is 20.6 Å². The van der Waals surface area contributed by atoms with Crippen LogP contribution >= 0.6 is 11.6 Å². The van der Waals surface area contributed by atoms with Crippen molar-refractivity contribution in [1.82, 2.24) is 15.3 Å². The van der Waals surface area contributed by atoms with E-state index < -0.39 is 42.3 Å². The zero-order valence-corrected chi connectivity index (χ0v) is 36.3. The molecule has 0 saturated carbocycles. The van der Waals surface area contributed by atoms with E-state index >= 15 is 0 Å². The molecule has 0 spiro atoms. The van der Waals surface area contributed by atoms with Crippen LogP contribution in [0.5, 0.6) is 5.75 Å². The zero-order chi connectivity index (χ0) is 48.7. The topological polar surface area (TPSA) is 215 Å². The first kappa shape index (κ1) is 41.6. The van der Waals surface area contributed by atoms with Crippen molar-refractivity contribution in [2.45, 2.75) is 36.8 Å². The number of nitrogens with zero attached hydrogens (tertiary/aromatic N) is 2.